The van der Waals surface area contributed by atoms with Crippen LogP contribution in [0.5, 0.6) is 0 Å². The second-order valence-electron chi connectivity index (χ2n) is 1.71. The predicted molar refractivity (Wildman–Crippen MR) is 32.3 cm³/mol. The number of halogens is 1. The van der Waals surface area contributed by atoms with Crippen molar-refractivity contribution in [1.82, 2.24) is 0 Å². The summed E-state index contributed by atoms with van der Waals surface area (Å²) in [5.74, 6) is 0. The van der Waals surface area contributed by atoms with Crippen molar-refractivity contribution in [3.63, 3.8) is 0 Å². The molecule has 0 fully saturated rings. The first-order chi connectivity index (χ1) is 3.39. The average Bonchev–Trinajstić information content (AvgIpc) is 1.69. The van der Waals surface area contributed by atoms with Crippen molar-refractivity contribution in [2.24, 2.45) is 0 Å². The van der Waals surface area contributed by atoms with E-state index in [9.17, 15) is 0 Å². The minimum Gasteiger partial charge on any atom is -0.118 e. The third-order valence-electron chi connectivity index (χ3n) is 1.07. The van der Waals surface area contributed by atoms with Crippen molar-refractivity contribution in [2.45, 2.75) is 18.2 Å². The van der Waals surface area contributed by atoms with E-state index in [0.717, 1.165) is 12.8 Å². The molecule has 0 N–H and O–H groups in total. The normalized spacial score (nSPS) is 30.7. The zero-order chi connectivity index (χ0) is 5.11. The van der Waals surface area contributed by atoms with Gasteiger partial charge in [-0.15, -0.1) is 11.6 Å². The molecule has 39 valence electrons. The van der Waals surface area contributed by atoms with E-state index in [1.165, 1.54) is 0 Å². The van der Waals surface area contributed by atoms with Gasteiger partial charge in [-0.2, -0.15) is 0 Å². The Kier molecular flexibility index (Phi) is 1.75. The van der Waals surface area contributed by atoms with Crippen molar-refractivity contribution in [3.8, 4) is 0 Å². The zero-order valence-corrected chi connectivity index (χ0v) is 4.86. The molecule has 0 bridgehead atoms. The van der Waals surface area contributed by atoms with Crippen molar-refractivity contribution in [2.75, 3.05) is 0 Å². The van der Waals surface area contributed by atoms with Crippen LogP contribution in [0.1, 0.15) is 12.8 Å². The summed E-state index contributed by atoms with van der Waals surface area (Å²) in [7, 11) is 0. The molecule has 0 nitrogen and oxygen atoms in total. The van der Waals surface area contributed by atoms with Gasteiger partial charge < -0.3 is 0 Å². The third kappa shape index (κ3) is 1.52. The molecule has 1 heteroatoms. The molecule has 1 rings (SSSR count). The summed E-state index contributed by atoms with van der Waals surface area (Å²) in [5.41, 5.74) is 0. The van der Waals surface area contributed by atoms with E-state index in [4.69, 9.17) is 11.6 Å². The van der Waals surface area contributed by atoms with Gasteiger partial charge in [-0.05, 0) is 19.3 Å². The molecule has 0 amide bonds. The molecule has 0 spiro atoms. The molecule has 1 aliphatic carbocycles. The second-order valence-corrected chi connectivity index (χ2v) is 2.27. The molecule has 0 aromatic carbocycles. The van der Waals surface area contributed by atoms with Crippen LogP contribution in [-0.4, -0.2) is 5.38 Å². The van der Waals surface area contributed by atoms with Crippen LogP contribution in [-0.2, 0) is 0 Å². The first-order valence-electron chi connectivity index (χ1n) is 2.53. The van der Waals surface area contributed by atoms with Gasteiger partial charge in [-0.3, -0.25) is 0 Å². The lowest BCUT2D eigenvalue weighted by Crippen LogP contribution is -1.96. The zero-order valence-electron chi connectivity index (χ0n) is 4.10. The van der Waals surface area contributed by atoms with Gasteiger partial charge in [-0.1, -0.05) is 12.2 Å². The highest BCUT2D eigenvalue weighted by Gasteiger charge is 2.01. The first kappa shape index (κ1) is 5.17. The monoisotopic (exact) mass is 115 g/mol. The predicted octanol–water partition coefficient (Wildman–Crippen LogP) is 2.15. The van der Waals surface area contributed by atoms with Gasteiger partial charge in [0.2, 0.25) is 0 Å². The first-order valence-corrected chi connectivity index (χ1v) is 2.97. The fourth-order valence-electron chi connectivity index (χ4n) is 0.647. The van der Waals surface area contributed by atoms with E-state index in [-0.39, 0.29) is 0 Å². The van der Waals surface area contributed by atoms with Crippen LogP contribution in [0.25, 0.3) is 0 Å². The second kappa shape index (κ2) is 2.37. The summed E-state index contributed by atoms with van der Waals surface area (Å²) in [4.78, 5) is 0. The van der Waals surface area contributed by atoms with Gasteiger partial charge in [0.1, 0.15) is 0 Å². The summed E-state index contributed by atoms with van der Waals surface area (Å²) in [6.07, 6.45) is 8.44. The highest BCUT2D eigenvalue weighted by atomic mass is 35.5. The molecular formula is C6H8Cl. The minimum absolute atomic E-state index is 0.296. The molecule has 0 saturated heterocycles. The van der Waals surface area contributed by atoms with E-state index in [2.05, 4.69) is 6.42 Å². The molecule has 0 aromatic rings. The fraction of sp³-hybridized carbons (Fsp3) is 0.500. The molecular weight excluding hydrogens is 108 g/mol. The van der Waals surface area contributed by atoms with Gasteiger partial charge in [0.25, 0.3) is 0 Å². The summed E-state index contributed by atoms with van der Waals surface area (Å²) >= 11 is 5.71. The minimum atomic E-state index is 0.296. The number of rotatable bonds is 0. The maximum atomic E-state index is 5.71. The van der Waals surface area contributed by atoms with E-state index in [1.54, 1.807) is 0 Å². The number of allylic oxidation sites excluding steroid dienone is 2. The molecule has 0 heterocycles. The van der Waals surface area contributed by atoms with Gasteiger partial charge >= 0.3 is 0 Å². The number of alkyl halides is 1. The average molecular weight is 116 g/mol. The number of hydrogen-bond acceptors (Lipinski definition) is 0. The molecule has 0 aromatic heterocycles. The van der Waals surface area contributed by atoms with Gasteiger partial charge in [0, 0.05) is 0 Å². The highest BCUT2D eigenvalue weighted by Crippen LogP contribution is 2.13. The molecule has 1 atom stereocenters. The highest BCUT2D eigenvalue weighted by molar-refractivity contribution is 6.21. The Hall–Kier alpha value is 0.0300. The molecule has 0 saturated carbocycles. The Bertz CT molecular complexity index is 76.2. The van der Waals surface area contributed by atoms with E-state index in [0.29, 0.717) is 5.38 Å². The quantitative estimate of drug-likeness (QED) is 0.425. The Balaban J connectivity index is 2.36. The molecule has 1 aliphatic rings. The van der Waals surface area contributed by atoms with Crippen molar-refractivity contribution in [3.05, 3.63) is 18.6 Å². The SMILES string of the molecule is ClC1C=C[CH]CC1. The standard InChI is InChI=1S/C6H8Cl/c7-6-4-2-1-3-5-6/h1-2,4,6H,3,5H2. The van der Waals surface area contributed by atoms with Crippen LogP contribution >= 0.6 is 11.6 Å². The lowest BCUT2D eigenvalue weighted by molar-refractivity contribution is 0.824. The largest absolute Gasteiger partial charge is 0.118 e. The Morgan fingerprint density at radius 2 is 2.43 bits per heavy atom. The fourth-order valence-corrected chi connectivity index (χ4v) is 0.857. The van der Waals surface area contributed by atoms with Crippen molar-refractivity contribution in [1.29, 1.82) is 0 Å². The summed E-state index contributed by atoms with van der Waals surface area (Å²) < 4.78 is 0. The van der Waals surface area contributed by atoms with Crippen LogP contribution in [0.3, 0.4) is 0 Å². The lowest BCUT2D eigenvalue weighted by atomic mass is 10.1. The van der Waals surface area contributed by atoms with E-state index < -0.39 is 0 Å². The molecule has 7 heavy (non-hydrogen) atoms. The maximum absolute atomic E-state index is 5.71. The smallest absolute Gasteiger partial charge is 0.0516 e. The van der Waals surface area contributed by atoms with Crippen LogP contribution in [0.15, 0.2) is 12.2 Å². The Labute approximate surface area is 49.2 Å². The molecule has 1 unspecified atom stereocenters. The van der Waals surface area contributed by atoms with E-state index >= 15 is 0 Å². The summed E-state index contributed by atoms with van der Waals surface area (Å²) in [6, 6.07) is 0. The number of hydrogen-bond donors (Lipinski definition) is 0. The van der Waals surface area contributed by atoms with Crippen LogP contribution < -0.4 is 0 Å². The summed E-state index contributed by atoms with van der Waals surface area (Å²) in [6.45, 7) is 0. The van der Waals surface area contributed by atoms with Crippen LogP contribution in [0.4, 0.5) is 0 Å². The van der Waals surface area contributed by atoms with Gasteiger partial charge in [0.05, 0.1) is 5.38 Å². The third-order valence-corrected chi connectivity index (χ3v) is 1.43. The lowest BCUT2D eigenvalue weighted by Gasteiger charge is -2.05. The van der Waals surface area contributed by atoms with Crippen LogP contribution in [0.2, 0.25) is 0 Å². The van der Waals surface area contributed by atoms with Crippen LogP contribution in [0, 0.1) is 6.42 Å². The molecule has 1 radical (unpaired) electrons. The van der Waals surface area contributed by atoms with Gasteiger partial charge in [-0.25, -0.2) is 0 Å². The van der Waals surface area contributed by atoms with Gasteiger partial charge in [0.15, 0.2) is 0 Å². The topological polar surface area (TPSA) is 0 Å². The maximum Gasteiger partial charge on any atom is 0.0516 e. The molecule has 0 aliphatic heterocycles. The van der Waals surface area contributed by atoms with E-state index in [1.807, 2.05) is 12.2 Å². The summed E-state index contributed by atoms with van der Waals surface area (Å²) in [5, 5.41) is 0.296. The Morgan fingerprint density at radius 3 is 2.71 bits per heavy atom. The van der Waals surface area contributed by atoms with Crippen molar-refractivity contribution >= 4 is 11.6 Å². The van der Waals surface area contributed by atoms with Crippen molar-refractivity contribution < 1.29 is 0 Å². The Morgan fingerprint density at radius 1 is 1.57 bits per heavy atom.